The molecule has 1 aliphatic carbocycles. The summed E-state index contributed by atoms with van der Waals surface area (Å²) in [6, 6.07) is 16.7. The first-order valence-corrected chi connectivity index (χ1v) is 8.62. The quantitative estimate of drug-likeness (QED) is 0.755. The number of hydrogen-bond donors (Lipinski definition) is 1. The van der Waals surface area contributed by atoms with E-state index in [2.05, 4.69) is 41.7 Å². The molecule has 0 spiro atoms. The highest BCUT2D eigenvalue weighted by molar-refractivity contribution is 5.93. The monoisotopic (exact) mass is 318 g/mol. The van der Waals surface area contributed by atoms with E-state index in [1.54, 1.807) is 7.11 Å². The van der Waals surface area contributed by atoms with Crippen molar-refractivity contribution in [1.82, 2.24) is 4.98 Å². The van der Waals surface area contributed by atoms with Crippen LogP contribution in [0.25, 0.3) is 10.9 Å². The minimum absolute atomic E-state index is 0.810. The minimum Gasteiger partial charge on any atom is -0.497 e. The van der Waals surface area contributed by atoms with Crippen LogP contribution in [-0.2, 0) is 19.4 Å². The molecule has 1 aromatic heterocycles. The summed E-state index contributed by atoms with van der Waals surface area (Å²) in [6.07, 6.45) is 4.72. The second-order valence-corrected chi connectivity index (χ2v) is 6.34. The summed E-state index contributed by atoms with van der Waals surface area (Å²) in [5.41, 5.74) is 6.30. The number of ether oxygens (including phenoxy) is 1. The van der Waals surface area contributed by atoms with Crippen LogP contribution in [0.3, 0.4) is 0 Å². The van der Waals surface area contributed by atoms with E-state index >= 15 is 0 Å². The summed E-state index contributed by atoms with van der Waals surface area (Å²) >= 11 is 0. The van der Waals surface area contributed by atoms with E-state index in [1.807, 2.05) is 12.1 Å². The summed E-state index contributed by atoms with van der Waals surface area (Å²) in [7, 11) is 1.70. The van der Waals surface area contributed by atoms with Crippen molar-refractivity contribution in [2.75, 3.05) is 12.4 Å². The number of nitrogens with zero attached hydrogens (tertiary/aromatic N) is 1. The molecule has 0 amide bonds. The van der Waals surface area contributed by atoms with Crippen LogP contribution >= 0.6 is 0 Å². The van der Waals surface area contributed by atoms with Crippen molar-refractivity contribution in [3.8, 4) is 5.75 Å². The Morgan fingerprint density at radius 2 is 1.79 bits per heavy atom. The number of nitrogens with one attached hydrogen (secondary N) is 1. The van der Waals surface area contributed by atoms with Crippen molar-refractivity contribution in [2.45, 2.75) is 32.2 Å². The van der Waals surface area contributed by atoms with Gasteiger partial charge in [-0.05, 0) is 55.0 Å². The summed E-state index contributed by atoms with van der Waals surface area (Å²) < 4.78 is 5.24. The van der Waals surface area contributed by atoms with Crippen LogP contribution in [0.15, 0.2) is 48.5 Å². The second-order valence-electron chi connectivity index (χ2n) is 6.34. The first-order chi connectivity index (χ1) is 11.8. The SMILES string of the molecule is COc1ccc(CNc2c3c(nc4ccccc24)CCCC3)cc1. The predicted octanol–water partition coefficient (Wildman–Crippen LogP) is 4.73. The van der Waals surface area contributed by atoms with Crippen molar-refractivity contribution in [3.05, 3.63) is 65.4 Å². The lowest BCUT2D eigenvalue weighted by atomic mass is 9.92. The van der Waals surface area contributed by atoms with Crippen molar-refractivity contribution in [3.63, 3.8) is 0 Å². The van der Waals surface area contributed by atoms with E-state index in [4.69, 9.17) is 9.72 Å². The van der Waals surface area contributed by atoms with E-state index in [0.29, 0.717) is 0 Å². The molecule has 24 heavy (non-hydrogen) atoms. The lowest BCUT2D eigenvalue weighted by Crippen LogP contribution is -2.11. The maximum absolute atomic E-state index is 5.24. The molecule has 3 aromatic rings. The van der Waals surface area contributed by atoms with Gasteiger partial charge in [0.1, 0.15) is 5.75 Å². The Bertz CT molecular complexity index is 856. The Balaban J connectivity index is 1.69. The maximum atomic E-state index is 5.24. The van der Waals surface area contributed by atoms with Gasteiger partial charge in [-0.2, -0.15) is 0 Å². The lowest BCUT2D eigenvalue weighted by molar-refractivity contribution is 0.414. The molecule has 0 bridgehead atoms. The maximum Gasteiger partial charge on any atom is 0.118 e. The second kappa shape index (κ2) is 6.52. The molecule has 0 saturated heterocycles. The van der Waals surface area contributed by atoms with Gasteiger partial charge in [-0.1, -0.05) is 30.3 Å². The van der Waals surface area contributed by atoms with Crippen LogP contribution in [0.2, 0.25) is 0 Å². The molecule has 1 N–H and O–H groups in total. The van der Waals surface area contributed by atoms with Gasteiger partial charge in [0.25, 0.3) is 0 Å². The molecular weight excluding hydrogens is 296 g/mol. The largest absolute Gasteiger partial charge is 0.497 e. The Hall–Kier alpha value is -2.55. The van der Waals surface area contributed by atoms with E-state index in [1.165, 1.54) is 40.7 Å². The first-order valence-electron chi connectivity index (χ1n) is 8.62. The fourth-order valence-electron chi connectivity index (χ4n) is 3.51. The van der Waals surface area contributed by atoms with E-state index < -0.39 is 0 Å². The molecule has 0 saturated carbocycles. The van der Waals surface area contributed by atoms with Gasteiger partial charge >= 0.3 is 0 Å². The van der Waals surface area contributed by atoms with Crippen LogP contribution in [0.5, 0.6) is 5.75 Å². The third-order valence-electron chi connectivity index (χ3n) is 4.80. The van der Waals surface area contributed by atoms with Gasteiger partial charge in [-0.3, -0.25) is 4.98 Å². The fourth-order valence-corrected chi connectivity index (χ4v) is 3.51. The van der Waals surface area contributed by atoms with Crippen molar-refractivity contribution in [1.29, 1.82) is 0 Å². The molecule has 1 heterocycles. The zero-order chi connectivity index (χ0) is 16.4. The predicted molar refractivity (Wildman–Crippen MR) is 98.7 cm³/mol. The molecule has 3 nitrogen and oxygen atoms in total. The van der Waals surface area contributed by atoms with Gasteiger partial charge in [0.15, 0.2) is 0 Å². The van der Waals surface area contributed by atoms with Gasteiger partial charge in [-0.15, -0.1) is 0 Å². The zero-order valence-electron chi connectivity index (χ0n) is 14.0. The average molecular weight is 318 g/mol. The van der Waals surface area contributed by atoms with Crippen LogP contribution < -0.4 is 10.1 Å². The van der Waals surface area contributed by atoms with Gasteiger partial charge < -0.3 is 10.1 Å². The third kappa shape index (κ3) is 2.82. The van der Waals surface area contributed by atoms with Gasteiger partial charge in [0.05, 0.1) is 12.6 Å². The number of para-hydroxylation sites is 1. The summed E-state index contributed by atoms with van der Waals surface area (Å²) in [5.74, 6) is 0.894. The first kappa shape index (κ1) is 15.0. The van der Waals surface area contributed by atoms with E-state index in [9.17, 15) is 0 Å². The van der Waals surface area contributed by atoms with Crippen LogP contribution in [0.4, 0.5) is 5.69 Å². The van der Waals surface area contributed by atoms with Crippen LogP contribution in [-0.4, -0.2) is 12.1 Å². The molecule has 0 radical (unpaired) electrons. The minimum atomic E-state index is 0.810. The fraction of sp³-hybridized carbons (Fsp3) is 0.286. The Labute approximate surface area is 142 Å². The molecule has 4 rings (SSSR count). The summed E-state index contributed by atoms with van der Waals surface area (Å²) in [5, 5.41) is 4.92. The van der Waals surface area contributed by atoms with E-state index in [-0.39, 0.29) is 0 Å². The normalized spacial score (nSPS) is 13.5. The van der Waals surface area contributed by atoms with Crippen LogP contribution in [0, 0.1) is 0 Å². The average Bonchev–Trinajstić information content (AvgIpc) is 2.65. The third-order valence-corrected chi connectivity index (χ3v) is 4.80. The van der Waals surface area contributed by atoms with Crippen molar-refractivity contribution >= 4 is 16.6 Å². The lowest BCUT2D eigenvalue weighted by Gasteiger charge is -2.21. The Kier molecular flexibility index (Phi) is 4.08. The van der Waals surface area contributed by atoms with E-state index in [0.717, 1.165) is 30.7 Å². The number of fused-ring (bicyclic) bond motifs is 2. The highest BCUT2D eigenvalue weighted by atomic mass is 16.5. The molecule has 0 fully saturated rings. The molecule has 0 atom stereocenters. The molecule has 122 valence electrons. The number of methoxy groups -OCH3 is 1. The Morgan fingerprint density at radius 3 is 2.62 bits per heavy atom. The molecule has 0 unspecified atom stereocenters. The number of aryl methyl sites for hydroxylation is 1. The number of rotatable bonds is 4. The number of pyridine rings is 1. The van der Waals surface area contributed by atoms with Crippen LogP contribution in [0.1, 0.15) is 29.7 Å². The summed E-state index contributed by atoms with van der Waals surface area (Å²) in [6.45, 7) is 0.810. The zero-order valence-corrected chi connectivity index (χ0v) is 14.0. The summed E-state index contributed by atoms with van der Waals surface area (Å²) in [4.78, 5) is 4.90. The van der Waals surface area contributed by atoms with Gasteiger partial charge in [-0.25, -0.2) is 0 Å². The van der Waals surface area contributed by atoms with Crippen molar-refractivity contribution < 1.29 is 4.74 Å². The topological polar surface area (TPSA) is 34.1 Å². The standard InChI is InChI=1S/C21H22N2O/c1-24-16-12-10-15(11-13-16)14-22-21-17-6-2-4-8-19(17)23-20-9-5-3-7-18(20)21/h2,4,6,8,10-13H,3,5,7,9,14H2,1H3,(H,22,23). The number of aromatic nitrogens is 1. The number of hydrogen-bond acceptors (Lipinski definition) is 3. The molecule has 3 heteroatoms. The van der Waals surface area contributed by atoms with Crippen molar-refractivity contribution in [2.24, 2.45) is 0 Å². The molecule has 2 aromatic carbocycles. The molecular formula is C21H22N2O. The highest BCUT2D eigenvalue weighted by Crippen LogP contribution is 2.33. The number of benzene rings is 2. The van der Waals surface area contributed by atoms with Gasteiger partial charge in [0.2, 0.25) is 0 Å². The smallest absolute Gasteiger partial charge is 0.118 e. The molecule has 1 aliphatic rings. The van der Waals surface area contributed by atoms with Gasteiger partial charge in [0, 0.05) is 23.3 Å². The Morgan fingerprint density at radius 1 is 1.00 bits per heavy atom. The highest BCUT2D eigenvalue weighted by Gasteiger charge is 2.17. The number of anilines is 1. The molecule has 0 aliphatic heterocycles.